The van der Waals surface area contributed by atoms with Gasteiger partial charge < -0.3 is 5.11 Å². The predicted octanol–water partition coefficient (Wildman–Crippen LogP) is 4.51. The standard InChI is InChI=1S/C15H35NOSi2/c1-10-19(11-2,12-3)15(6,17)14(16-13(4)5)18(7,8)9/h13,17H,10-12H2,1-9H3. The summed E-state index contributed by atoms with van der Waals surface area (Å²) in [6.45, 7) is 20.0. The Hall–Kier alpha value is 0.0638. The van der Waals surface area contributed by atoms with Crippen LogP contribution in [0.4, 0.5) is 0 Å². The second kappa shape index (κ2) is 6.68. The summed E-state index contributed by atoms with van der Waals surface area (Å²) in [6, 6.07) is 3.67. The van der Waals surface area contributed by atoms with Crippen molar-refractivity contribution in [1.82, 2.24) is 0 Å². The van der Waals surface area contributed by atoms with Gasteiger partial charge in [0.2, 0.25) is 0 Å². The third-order valence-electron chi connectivity index (χ3n) is 4.62. The molecule has 4 heteroatoms. The van der Waals surface area contributed by atoms with E-state index in [0.29, 0.717) is 0 Å². The van der Waals surface area contributed by atoms with Crippen LogP contribution < -0.4 is 0 Å². The van der Waals surface area contributed by atoms with Gasteiger partial charge in [0, 0.05) is 11.4 Å². The highest BCUT2D eigenvalue weighted by Crippen LogP contribution is 2.36. The Morgan fingerprint density at radius 3 is 1.63 bits per heavy atom. The number of aliphatic imine (C=N–C) groups is 1. The van der Waals surface area contributed by atoms with E-state index in [0.717, 1.165) is 23.5 Å². The largest absolute Gasteiger partial charge is 0.388 e. The predicted molar refractivity (Wildman–Crippen MR) is 93.7 cm³/mol. The molecule has 1 N–H and O–H groups in total. The zero-order valence-corrected chi connectivity index (χ0v) is 16.6. The molecule has 1 atom stereocenters. The van der Waals surface area contributed by atoms with E-state index in [2.05, 4.69) is 61.2 Å². The van der Waals surface area contributed by atoms with Crippen LogP contribution in [-0.4, -0.2) is 37.9 Å². The smallest absolute Gasteiger partial charge is 0.0987 e. The summed E-state index contributed by atoms with van der Waals surface area (Å²) < 4.78 is 0. The Morgan fingerprint density at radius 2 is 1.42 bits per heavy atom. The summed E-state index contributed by atoms with van der Waals surface area (Å²) >= 11 is 0. The lowest BCUT2D eigenvalue weighted by Crippen LogP contribution is -2.65. The molecule has 0 amide bonds. The molecule has 0 saturated heterocycles. The van der Waals surface area contributed by atoms with Crippen LogP contribution in [0.1, 0.15) is 41.5 Å². The van der Waals surface area contributed by atoms with Crippen molar-refractivity contribution in [3.63, 3.8) is 0 Å². The van der Waals surface area contributed by atoms with E-state index >= 15 is 0 Å². The fraction of sp³-hybridized carbons (Fsp3) is 0.933. The molecule has 2 nitrogen and oxygen atoms in total. The first-order valence-electron chi connectivity index (χ1n) is 7.79. The van der Waals surface area contributed by atoms with Crippen molar-refractivity contribution in [2.24, 2.45) is 4.99 Å². The lowest BCUT2D eigenvalue weighted by atomic mass is 10.4. The molecule has 0 fully saturated rings. The average molecular weight is 302 g/mol. The molecule has 0 aromatic carbocycles. The molecule has 0 bridgehead atoms. The van der Waals surface area contributed by atoms with Crippen molar-refractivity contribution >= 4 is 21.5 Å². The summed E-state index contributed by atoms with van der Waals surface area (Å²) in [5, 5.41) is 11.9. The number of hydrogen-bond acceptors (Lipinski definition) is 2. The van der Waals surface area contributed by atoms with E-state index in [1.165, 1.54) is 0 Å². The normalized spacial score (nSPS) is 17.7. The topological polar surface area (TPSA) is 32.6 Å². The summed E-state index contributed by atoms with van der Waals surface area (Å²) in [6.07, 6.45) is 0. The quantitative estimate of drug-likeness (QED) is 0.544. The molecule has 0 aromatic rings. The minimum atomic E-state index is -1.73. The summed E-state index contributed by atoms with van der Waals surface area (Å²) in [7, 11) is -3.33. The first-order valence-corrected chi connectivity index (χ1v) is 13.9. The zero-order valence-electron chi connectivity index (χ0n) is 14.6. The maximum atomic E-state index is 11.4. The highest BCUT2D eigenvalue weighted by atomic mass is 28.3. The van der Waals surface area contributed by atoms with Gasteiger partial charge in [0.25, 0.3) is 0 Å². The maximum absolute atomic E-state index is 11.4. The van der Waals surface area contributed by atoms with Crippen molar-refractivity contribution in [3.05, 3.63) is 0 Å². The van der Waals surface area contributed by atoms with E-state index in [-0.39, 0.29) is 6.04 Å². The van der Waals surface area contributed by atoms with Crippen LogP contribution in [-0.2, 0) is 0 Å². The Kier molecular flexibility index (Phi) is 6.70. The van der Waals surface area contributed by atoms with Gasteiger partial charge in [-0.3, -0.25) is 4.99 Å². The van der Waals surface area contributed by atoms with E-state index in [9.17, 15) is 5.11 Å². The highest BCUT2D eigenvalue weighted by molar-refractivity contribution is 7.09. The van der Waals surface area contributed by atoms with Crippen LogP contribution in [0, 0.1) is 0 Å². The monoisotopic (exact) mass is 301 g/mol. The number of rotatable bonds is 7. The van der Waals surface area contributed by atoms with Gasteiger partial charge in [-0.2, -0.15) is 0 Å². The molecule has 19 heavy (non-hydrogen) atoms. The molecule has 1 unspecified atom stereocenters. The van der Waals surface area contributed by atoms with Gasteiger partial charge >= 0.3 is 0 Å². The van der Waals surface area contributed by atoms with Gasteiger partial charge in [-0.05, 0) is 20.8 Å². The molecular weight excluding hydrogens is 266 g/mol. The molecule has 0 rings (SSSR count). The molecule has 0 radical (unpaired) electrons. The van der Waals surface area contributed by atoms with Crippen molar-refractivity contribution in [2.45, 2.75) is 90.6 Å². The molecule has 0 aliphatic heterocycles. The van der Waals surface area contributed by atoms with Crippen LogP contribution >= 0.6 is 0 Å². The SMILES string of the molecule is CC[Si](CC)(CC)C(C)(O)C(=NC(C)C)[Si](C)(C)C. The van der Waals surface area contributed by atoms with E-state index < -0.39 is 21.4 Å². The van der Waals surface area contributed by atoms with Crippen molar-refractivity contribution in [1.29, 1.82) is 0 Å². The Labute approximate surface area is 122 Å². The highest BCUT2D eigenvalue weighted by Gasteiger charge is 2.51. The van der Waals surface area contributed by atoms with Gasteiger partial charge in [0.1, 0.15) is 0 Å². The Morgan fingerprint density at radius 1 is 1.05 bits per heavy atom. The van der Waals surface area contributed by atoms with Gasteiger partial charge in [0.15, 0.2) is 0 Å². The lowest BCUT2D eigenvalue weighted by molar-refractivity contribution is 0.205. The van der Waals surface area contributed by atoms with Crippen molar-refractivity contribution < 1.29 is 5.11 Å². The van der Waals surface area contributed by atoms with Crippen molar-refractivity contribution in [2.75, 3.05) is 0 Å². The first-order chi connectivity index (χ1) is 8.48. The number of hydrogen-bond donors (Lipinski definition) is 1. The molecule has 0 aliphatic carbocycles. The fourth-order valence-corrected chi connectivity index (χ4v) is 11.5. The molecule has 0 spiro atoms. The molecule has 0 heterocycles. The second-order valence-electron chi connectivity index (χ2n) is 7.23. The zero-order chi connectivity index (χ0) is 15.5. The molecule has 0 aromatic heterocycles. The minimum absolute atomic E-state index is 0.269. The lowest BCUT2D eigenvalue weighted by Gasteiger charge is -2.46. The van der Waals surface area contributed by atoms with Crippen LogP contribution in [0.15, 0.2) is 4.99 Å². The van der Waals surface area contributed by atoms with Gasteiger partial charge in [0.05, 0.1) is 21.4 Å². The molecule has 114 valence electrons. The van der Waals surface area contributed by atoms with Gasteiger partial charge in [-0.1, -0.05) is 58.5 Å². The Balaban J connectivity index is 5.92. The Bertz CT molecular complexity index is 304. The molecular formula is C15H35NOSi2. The first kappa shape index (κ1) is 19.1. The fourth-order valence-electron chi connectivity index (χ4n) is 3.34. The van der Waals surface area contributed by atoms with Crippen LogP contribution in [0.2, 0.25) is 37.8 Å². The minimum Gasteiger partial charge on any atom is -0.388 e. The average Bonchev–Trinajstić information content (AvgIpc) is 2.27. The van der Waals surface area contributed by atoms with E-state index in [1.54, 1.807) is 0 Å². The van der Waals surface area contributed by atoms with E-state index in [4.69, 9.17) is 4.99 Å². The summed E-state index contributed by atoms with van der Waals surface area (Å²) in [4.78, 5) is 4.89. The van der Waals surface area contributed by atoms with Crippen LogP contribution in [0.3, 0.4) is 0 Å². The molecule has 0 aliphatic rings. The third-order valence-corrected chi connectivity index (χ3v) is 13.3. The number of nitrogens with zero attached hydrogens (tertiary/aromatic N) is 1. The maximum Gasteiger partial charge on any atom is 0.0987 e. The number of aliphatic hydroxyl groups is 1. The van der Waals surface area contributed by atoms with E-state index in [1.807, 2.05) is 0 Å². The van der Waals surface area contributed by atoms with Crippen molar-refractivity contribution in [3.8, 4) is 0 Å². The summed E-state index contributed by atoms with van der Waals surface area (Å²) in [5.41, 5.74) is 0. The van der Waals surface area contributed by atoms with Gasteiger partial charge in [-0.25, -0.2) is 0 Å². The van der Waals surface area contributed by atoms with Crippen LogP contribution in [0.25, 0.3) is 0 Å². The third kappa shape index (κ3) is 4.02. The van der Waals surface area contributed by atoms with Crippen LogP contribution in [0.5, 0.6) is 0 Å². The second-order valence-corrected chi connectivity index (χ2v) is 17.9. The van der Waals surface area contributed by atoms with Gasteiger partial charge in [-0.15, -0.1) is 0 Å². The summed E-state index contributed by atoms with van der Waals surface area (Å²) in [5.74, 6) is 0. The molecule has 0 saturated carbocycles.